The zero-order valence-electron chi connectivity index (χ0n) is 14.5. The van der Waals surface area contributed by atoms with Crippen molar-refractivity contribution in [1.29, 1.82) is 0 Å². The molecule has 1 amide bonds. The van der Waals surface area contributed by atoms with Crippen LogP contribution in [-0.2, 0) is 18.4 Å². The molecular weight excluding hydrogens is 429 g/mol. The van der Waals surface area contributed by atoms with Gasteiger partial charge in [0.25, 0.3) is 0 Å². The number of amides is 1. The third-order valence-corrected chi connectivity index (χ3v) is 3.44. The van der Waals surface area contributed by atoms with Crippen LogP contribution in [0.15, 0.2) is 17.3 Å². The number of likely N-dealkylation sites (N-methyl/N-ethyl adjacent to an activating group) is 1. The van der Waals surface area contributed by atoms with Crippen LogP contribution in [-0.4, -0.2) is 60.5 Å². The van der Waals surface area contributed by atoms with E-state index in [1.54, 1.807) is 14.1 Å². The number of carbonyl (C=O) groups is 1. The summed E-state index contributed by atoms with van der Waals surface area (Å²) in [6.07, 6.45) is 2.86. The highest BCUT2D eigenvalue weighted by Gasteiger charge is 2.11. The number of carbonyl (C=O) groups excluding carboxylic acids is 1. The minimum atomic E-state index is -0.0221. The van der Waals surface area contributed by atoms with Gasteiger partial charge in [-0.25, -0.2) is 4.99 Å². The van der Waals surface area contributed by atoms with E-state index in [4.69, 9.17) is 11.6 Å². The third-order valence-electron chi connectivity index (χ3n) is 3.23. The zero-order chi connectivity index (χ0) is 16.7. The van der Waals surface area contributed by atoms with Crippen LogP contribution < -0.4 is 5.32 Å². The second-order valence-corrected chi connectivity index (χ2v) is 5.91. The Hall–Kier alpha value is -0.960. The number of aliphatic imine (C=N–C) groups is 1. The van der Waals surface area contributed by atoms with E-state index in [2.05, 4.69) is 17.2 Å². The van der Waals surface area contributed by atoms with Crippen LogP contribution in [0.25, 0.3) is 0 Å². The zero-order valence-corrected chi connectivity index (χ0v) is 17.6. The van der Waals surface area contributed by atoms with Crippen molar-refractivity contribution in [3.05, 3.63) is 23.0 Å². The van der Waals surface area contributed by atoms with Crippen molar-refractivity contribution in [2.45, 2.75) is 19.9 Å². The number of rotatable bonds is 6. The van der Waals surface area contributed by atoms with Crippen molar-refractivity contribution in [3.63, 3.8) is 0 Å². The fraction of sp³-hybridized carbons (Fsp3) is 0.600. The molecule has 0 fully saturated rings. The van der Waals surface area contributed by atoms with E-state index in [1.165, 1.54) is 4.90 Å². The van der Waals surface area contributed by atoms with E-state index < -0.39 is 0 Å². The smallest absolute Gasteiger partial charge is 0.243 e. The largest absolute Gasteiger partial charge is 0.356 e. The predicted molar refractivity (Wildman–Crippen MR) is 107 cm³/mol. The lowest BCUT2D eigenvalue weighted by Gasteiger charge is -2.23. The molecule has 1 aromatic rings. The summed E-state index contributed by atoms with van der Waals surface area (Å²) in [5.41, 5.74) is 1.08. The van der Waals surface area contributed by atoms with E-state index in [9.17, 15) is 4.79 Å². The van der Waals surface area contributed by atoms with Gasteiger partial charge < -0.3 is 19.7 Å². The van der Waals surface area contributed by atoms with Crippen molar-refractivity contribution in [2.24, 2.45) is 12.0 Å². The number of halogens is 2. The van der Waals surface area contributed by atoms with Crippen molar-refractivity contribution in [1.82, 2.24) is 19.7 Å². The third kappa shape index (κ3) is 7.43. The Kier molecular flexibility index (Phi) is 10.3. The monoisotopic (exact) mass is 455 g/mol. The van der Waals surface area contributed by atoms with Crippen LogP contribution in [0.5, 0.6) is 0 Å². The molecule has 1 N–H and O–H groups in total. The van der Waals surface area contributed by atoms with E-state index in [1.807, 2.05) is 35.8 Å². The van der Waals surface area contributed by atoms with Gasteiger partial charge in [0.2, 0.25) is 5.91 Å². The van der Waals surface area contributed by atoms with E-state index in [0.717, 1.165) is 24.6 Å². The first-order valence-electron chi connectivity index (χ1n) is 7.35. The Morgan fingerprint density at radius 2 is 2.04 bits per heavy atom. The molecular formula is C15H27ClIN5O. The first-order valence-corrected chi connectivity index (χ1v) is 7.73. The maximum Gasteiger partial charge on any atom is 0.243 e. The molecule has 0 spiro atoms. The van der Waals surface area contributed by atoms with Crippen LogP contribution in [0.2, 0.25) is 5.02 Å². The minimum Gasteiger partial charge on any atom is -0.356 e. The minimum absolute atomic E-state index is 0. The lowest BCUT2D eigenvalue weighted by molar-refractivity contribution is -0.127. The topological polar surface area (TPSA) is 52.9 Å². The molecule has 0 atom stereocenters. The number of aromatic nitrogens is 1. The first kappa shape index (κ1) is 22.0. The predicted octanol–water partition coefficient (Wildman–Crippen LogP) is 2.17. The van der Waals surface area contributed by atoms with Crippen LogP contribution in [0.1, 0.15) is 19.0 Å². The molecule has 0 aliphatic rings. The standard InChI is InChI=1S/C15H26ClN5O.HI/c1-6-7-17-15(18-9-14(22)19(2)3)21(5)11-13-8-12(16)10-20(13)4;/h8,10H,6-7,9,11H2,1-5H3,(H,17,18);1H. The second kappa shape index (κ2) is 10.7. The van der Waals surface area contributed by atoms with Crippen LogP contribution in [0.3, 0.4) is 0 Å². The fourth-order valence-electron chi connectivity index (χ4n) is 1.87. The van der Waals surface area contributed by atoms with E-state index >= 15 is 0 Å². The average Bonchev–Trinajstić information content (AvgIpc) is 2.76. The van der Waals surface area contributed by atoms with Gasteiger partial charge in [-0.05, 0) is 12.5 Å². The Labute approximate surface area is 160 Å². The number of nitrogens with zero attached hydrogens (tertiary/aromatic N) is 4. The molecule has 0 radical (unpaired) electrons. The maximum absolute atomic E-state index is 11.7. The van der Waals surface area contributed by atoms with E-state index in [-0.39, 0.29) is 36.4 Å². The molecule has 1 aromatic heterocycles. The molecule has 0 saturated carbocycles. The van der Waals surface area contributed by atoms with Crippen molar-refractivity contribution >= 4 is 47.4 Å². The van der Waals surface area contributed by atoms with Gasteiger partial charge in [0, 0.05) is 46.6 Å². The van der Waals surface area contributed by atoms with Gasteiger partial charge in [0.1, 0.15) is 6.54 Å². The fourth-order valence-corrected chi connectivity index (χ4v) is 2.15. The summed E-state index contributed by atoms with van der Waals surface area (Å²) in [6.45, 7) is 3.70. The van der Waals surface area contributed by atoms with Gasteiger partial charge in [0.05, 0.1) is 11.6 Å². The molecule has 0 aromatic carbocycles. The summed E-state index contributed by atoms with van der Waals surface area (Å²) in [5, 5.41) is 3.99. The summed E-state index contributed by atoms with van der Waals surface area (Å²) < 4.78 is 1.99. The Bertz CT molecular complexity index is 530. The highest BCUT2D eigenvalue weighted by molar-refractivity contribution is 14.0. The highest BCUT2D eigenvalue weighted by Crippen LogP contribution is 2.14. The average molecular weight is 456 g/mol. The lowest BCUT2D eigenvalue weighted by Crippen LogP contribution is -2.40. The lowest BCUT2D eigenvalue weighted by atomic mass is 10.4. The van der Waals surface area contributed by atoms with Crippen molar-refractivity contribution in [3.8, 4) is 0 Å². The molecule has 0 saturated heterocycles. The molecule has 0 unspecified atom stereocenters. The van der Waals surface area contributed by atoms with Gasteiger partial charge >= 0.3 is 0 Å². The molecule has 1 heterocycles. The molecule has 8 heteroatoms. The van der Waals surface area contributed by atoms with E-state index in [0.29, 0.717) is 11.6 Å². The molecule has 0 aliphatic heterocycles. The van der Waals surface area contributed by atoms with Gasteiger partial charge in [-0.3, -0.25) is 4.79 Å². The number of guanidine groups is 1. The maximum atomic E-state index is 11.7. The summed E-state index contributed by atoms with van der Waals surface area (Å²) in [5.74, 6) is 0.695. The van der Waals surface area contributed by atoms with Crippen LogP contribution in [0.4, 0.5) is 0 Å². The van der Waals surface area contributed by atoms with Gasteiger partial charge in [-0.15, -0.1) is 24.0 Å². The number of hydrogen-bond donors (Lipinski definition) is 1. The summed E-state index contributed by atoms with van der Waals surface area (Å²) >= 11 is 6.01. The van der Waals surface area contributed by atoms with Gasteiger partial charge in [0.15, 0.2) is 5.96 Å². The molecule has 6 nitrogen and oxygen atoms in total. The quantitative estimate of drug-likeness (QED) is 0.406. The number of hydrogen-bond acceptors (Lipinski definition) is 2. The van der Waals surface area contributed by atoms with Crippen molar-refractivity contribution in [2.75, 3.05) is 34.2 Å². The highest BCUT2D eigenvalue weighted by atomic mass is 127. The van der Waals surface area contributed by atoms with Crippen LogP contribution >= 0.6 is 35.6 Å². The molecule has 0 aliphatic carbocycles. The Morgan fingerprint density at radius 1 is 1.39 bits per heavy atom. The SMILES string of the molecule is CCCNC(=NCC(=O)N(C)C)N(C)Cc1cc(Cl)cn1C.I. The Morgan fingerprint density at radius 3 is 2.52 bits per heavy atom. The summed E-state index contributed by atoms with van der Waals surface area (Å²) in [7, 11) is 7.36. The Balaban J connectivity index is 0.00000484. The molecule has 23 heavy (non-hydrogen) atoms. The normalized spacial score (nSPS) is 11.0. The summed E-state index contributed by atoms with van der Waals surface area (Å²) in [6, 6.07) is 1.93. The molecule has 1 rings (SSSR count). The van der Waals surface area contributed by atoms with Crippen molar-refractivity contribution < 1.29 is 4.79 Å². The molecule has 132 valence electrons. The molecule has 0 bridgehead atoms. The number of aryl methyl sites for hydroxylation is 1. The summed E-state index contributed by atoms with van der Waals surface area (Å²) in [4.78, 5) is 19.7. The second-order valence-electron chi connectivity index (χ2n) is 5.47. The van der Waals surface area contributed by atoms with Gasteiger partial charge in [-0.1, -0.05) is 18.5 Å². The number of nitrogens with one attached hydrogen (secondary N) is 1. The van der Waals surface area contributed by atoms with Crippen LogP contribution in [0, 0.1) is 0 Å². The van der Waals surface area contributed by atoms with Gasteiger partial charge in [-0.2, -0.15) is 0 Å². The first-order chi connectivity index (χ1) is 10.3.